The van der Waals surface area contributed by atoms with Crippen LogP contribution < -0.4 is 29.6 Å². The third-order valence-corrected chi connectivity index (χ3v) is 5.50. The molecule has 0 spiro atoms. The first-order valence-corrected chi connectivity index (χ1v) is 6.13. The van der Waals surface area contributed by atoms with E-state index in [-0.39, 0.29) is 29.6 Å². The van der Waals surface area contributed by atoms with E-state index < -0.39 is 0 Å². The maximum Gasteiger partial charge on any atom is 1.00 e. The standard InChI is InChI=1S/C6H3I3S.Na/c7-3-1-5(9)6(10)2-4(3)8;/h1-2,10H;/q;+1. The van der Waals surface area contributed by atoms with Gasteiger partial charge in [-0.2, -0.15) is 0 Å². The zero-order valence-corrected chi connectivity index (χ0v) is 15.1. The molecule has 0 atom stereocenters. The number of rotatable bonds is 0. The molecule has 0 saturated heterocycles. The normalized spacial score (nSPS) is 9.09. The Balaban J connectivity index is 0.000001000. The summed E-state index contributed by atoms with van der Waals surface area (Å²) in [6, 6.07) is 4.21. The van der Waals surface area contributed by atoms with Gasteiger partial charge in [0.2, 0.25) is 0 Å². The van der Waals surface area contributed by atoms with Crippen molar-refractivity contribution < 1.29 is 29.6 Å². The van der Waals surface area contributed by atoms with Crippen LogP contribution in [0.1, 0.15) is 0 Å². The fraction of sp³-hybridized carbons (Fsp3) is 0. The third kappa shape index (κ3) is 4.20. The fourth-order valence-electron chi connectivity index (χ4n) is 0.512. The van der Waals surface area contributed by atoms with E-state index in [9.17, 15) is 0 Å². The van der Waals surface area contributed by atoms with Crippen LogP contribution in [0, 0.1) is 10.7 Å². The average Bonchev–Trinajstić information content (AvgIpc) is 1.84. The van der Waals surface area contributed by atoms with Crippen LogP contribution in [0.25, 0.3) is 0 Å². The summed E-state index contributed by atoms with van der Waals surface area (Å²) in [6.07, 6.45) is 0. The Hall–Kier alpha value is 2.76. The molecule has 5 heteroatoms. The van der Waals surface area contributed by atoms with Gasteiger partial charge in [0.1, 0.15) is 0 Å². The molecule has 0 aliphatic rings. The molecule has 0 bridgehead atoms. The Kier molecular flexibility index (Phi) is 7.86. The molecule has 0 unspecified atom stereocenters. The SMILES string of the molecule is Sc1cc(I)c(I)cc1I.[Na+]. The van der Waals surface area contributed by atoms with Crippen LogP contribution in [0.5, 0.6) is 0 Å². The van der Waals surface area contributed by atoms with Gasteiger partial charge in [-0.15, -0.1) is 12.6 Å². The van der Waals surface area contributed by atoms with Crippen molar-refractivity contribution in [3.8, 4) is 0 Å². The molecule has 11 heavy (non-hydrogen) atoms. The Labute approximate surface area is 135 Å². The van der Waals surface area contributed by atoms with E-state index in [1.54, 1.807) is 0 Å². The first kappa shape index (κ1) is 13.8. The molecule has 0 aromatic heterocycles. The van der Waals surface area contributed by atoms with Crippen molar-refractivity contribution in [1.82, 2.24) is 0 Å². The molecule has 0 fully saturated rings. The van der Waals surface area contributed by atoms with Crippen LogP contribution in [-0.2, 0) is 0 Å². The molecule has 1 aromatic rings. The third-order valence-electron chi connectivity index (χ3n) is 0.990. The molecule has 0 aliphatic carbocycles. The van der Waals surface area contributed by atoms with Gasteiger partial charge in [-0.3, -0.25) is 0 Å². The second kappa shape index (κ2) is 6.28. The van der Waals surface area contributed by atoms with Crippen LogP contribution >= 0.6 is 80.4 Å². The Morgan fingerprint density at radius 3 is 1.82 bits per heavy atom. The molecule has 1 aromatic carbocycles. The molecule has 0 heterocycles. The van der Waals surface area contributed by atoms with Gasteiger partial charge in [-0.1, -0.05) is 0 Å². The molecule has 0 amide bonds. The van der Waals surface area contributed by atoms with E-state index in [4.69, 9.17) is 0 Å². The molecule has 0 N–H and O–H groups in total. The van der Waals surface area contributed by atoms with E-state index in [1.165, 1.54) is 10.7 Å². The molecule has 54 valence electrons. The molecule has 0 radical (unpaired) electrons. The van der Waals surface area contributed by atoms with Gasteiger partial charge in [-0.25, -0.2) is 0 Å². The van der Waals surface area contributed by atoms with E-state index in [2.05, 4.69) is 92.5 Å². The quantitative estimate of drug-likeness (QED) is 0.227. The molecule has 0 saturated carbocycles. The van der Waals surface area contributed by atoms with E-state index in [0.717, 1.165) is 4.90 Å². The predicted octanol–water partition coefficient (Wildman–Crippen LogP) is 0.793. The van der Waals surface area contributed by atoms with Crippen molar-refractivity contribution >= 4 is 80.4 Å². The summed E-state index contributed by atoms with van der Waals surface area (Å²) >= 11 is 11.2. The topological polar surface area (TPSA) is 0 Å². The summed E-state index contributed by atoms with van der Waals surface area (Å²) in [7, 11) is 0. The Bertz CT molecular complexity index is 214. The maximum absolute atomic E-state index is 4.30. The number of hydrogen-bond donors (Lipinski definition) is 1. The summed E-state index contributed by atoms with van der Waals surface area (Å²) in [6.45, 7) is 0. The van der Waals surface area contributed by atoms with Crippen molar-refractivity contribution in [3.63, 3.8) is 0 Å². The van der Waals surface area contributed by atoms with Gasteiger partial charge in [0.25, 0.3) is 0 Å². The van der Waals surface area contributed by atoms with Crippen molar-refractivity contribution in [2.75, 3.05) is 0 Å². The van der Waals surface area contributed by atoms with Crippen molar-refractivity contribution in [1.29, 1.82) is 0 Å². The molecule has 1 rings (SSSR count). The van der Waals surface area contributed by atoms with Crippen LogP contribution in [0.4, 0.5) is 0 Å². The predicted molar refractivity (Wildman–Crippen MR) is 71.8 cm³/mol. The van der Waals surface area contributed by atoms with E-state index in [0.29, 0.717) is 0 Å². The van der Waals surface area contributed by atoms with Crippen LogP contribution in [0.2, 0.25) is 0 Å². The van der Waals surface area contributed by atoms with Gasteiger partial charge in [0.15, 0.2) is 0 Å². The second-order valence-corrected chi connectivity index (χ2v) is 5.69. The van der Waals surface area contributed by atoms with Crippen LogP contribution in [0.3, 0.4) is 0 Å². The molecule has 0 aliphatic heterocycles. The minimum Gasteiger partial charge on any atom is -0.142 e. The van der Waals surface area contributed by atoms with E-state index >= 15 is 0 Å². The second-order valence-electron chi connectivity index (χ2n) is 1.72. The zero-order valence-electron chi connectivity index (χ0n) is 5.74. The number of hydrogen-bond acceptors (Lipinski definition) is 1. The van der Waals surface area contributed by atoms with E-state index in [1.807, 2.05) is 0 Å². The van der Waals surface area contributed by atoms with Crippen molar-refractivity contribution in [2.45, 2.75) is 4.90 Å². The number of benzene rings is 1. The Morgan fingerprint density at radius 2 is 1.36 bits per heavy atom. The average molecular weight is 511 g/mol. The largest absolute Gasteiger partial charge is 1.00 e. The minimum atomic E-state index is 0. The molecular weight excluding hydrogens is 508 g/mol. The maximum atomic E-state index is 4.30. The van der Waals surface area contributed by atoms with Gasteiger partial charge in [0, 0.05) is 15.6 Å². The van der Waals surface area contributed by atoms with Gasteiger partial charge >= 0.3 is 29.6 Å². The van der Waals surface area contributed by atoms with Gasteiger partial charge < -0.3 is 0 Å². The molecular formula is C6H3I3NaS+. The molecule has 0 nitrogen and oxygen atoms in total. The first-order valence-electron chi connectivity index (χ1n) is 2.45. The minimum absolute atomic E-state index is 0. The fourth-order valence-corrected chi connectivity index (χ4v) is 2.95. The zero-order chi connectivity index (χ0) is 7.72. The van der Waals surface area contributed by atoms with Gasteiger partial charge in [-0.05, 0) is 79.9 Å². The summed E-state index contributed by atoms with van der Waals surface area (Å²) in [5.74, 6) is 0. The summed E-state index contributed by atoms with van der Waals surface area (Å²) in [4.78, 5) is 1.06. The van der Waals surface area contributed by atoms with Crippen LogP contribution in [-0.4, -0.2) is 0 Å². The monoisotopic (exact) mass is 511 g/mol. The summed E-state index contributed by atoms with van der Waals surface area (Å²) < 4.78 is 3.77. The summed E-state index contributed by atoms with van der Waals surface area (Å²) in [5, 5.41) is 0. The number of halogens is 3. The van der Waals surface area contributed by atoms with Crippen molar-refractivity contribution in [3.05, 3.63) is 22.8 Å². The van der Waals surface area contributed by atoms with Gasteiger partial charge in [0.05, 0.1) is 0 Å². The van der Waals surface area contributed by atoms with Crippen molar-refractivity contribution in [2.24, 2.45) is 0 Å². The smallest absolute Gasteiger partial charge is 0.142 e. The first-order chi connectivity index (χ1) is 4.61. The van der Waals surface area contributed by atoms with Crippen LogP contribution in [0.15, 0.2) is 17.0 Å². The summed E-state index contributed by atoms with van der Waals surface area (Å²) in [5.41, 5.74) is 0. The Morgan fingerprint density at radius 1 is 0.909 bits per heavy atom. The number of thiol groups is 1.